The van der Waals surface area contributed by atoms with Crippen LogP contribution >= 0.6 is 0 Å². The van der Waals surface area contributed by atoms with E-state index in [0.29, 0.717) is 0 Å². The molecule has 0 amide bonds. The molecule has 6 heteroatoms. The van der Waals surface area contributed by atoms with Crippen LogP contribution in [0.4, 0.5) is 17.6 Å². The topological polar surface area (TPSA) is 37.3 Å². The Balaban J connectivity index is 2.58. The summed E-state index contributed by atoms with van der Waals surface area (Å²) < 4.78 is 49.2. The molecule has 0 atom stereocenters. The maximum Gasteiger partial charge on any atom is 0.389 e. The zero-order valence-electron chi connectivity index (χ0n) is 9.43. The molecule has 0 spiro atoms. The molecule has 0 aliphatic rings. The Bertz CT molecular complexity index is 427. The zero-order valence-corrected chi connectivity index (χ0v) is 9.43. The van der Waals surface area contributed by atoms with Gasteiger partial charge in [0.2, 0.25) is 0 Å². The molecule has 1 rings (SSSR count). The van der Waals surface area contributed by atoms with Gasteiger partial charge in [-0.1, -0.05) is 12.1 Å². The minimum absolute atomic E-state index is 0.0970. The molecule has 18 heavy (non-hydrogen) atoms. The van der Waals surface area contributed by atoms with Gasteiger partial charge < -0.3 is 5.11 Å². The molecule has 0 aromatic heterocycles. The molecule has 1 aromatic carbocycles. The van der Waals surface area contributed by atoms with E-state index >= 15 is 0 Å². The summed E-state index contributed by atoms with van der Waals surface area (Å²) in [4.78, 5) is 10.6. The van der Waals surface area contributed by atoms with Crippen molar-refractivity contribution in [3.63, 3.8) is 0 Å². The monoisotopic (exact) mass is 264 g/mol. The minimum atomic E-state index is -4.21. The second-order valence-corrected chi connectivity index (χ2v) is 3.91. The van der Waals surface area contributed by atoms with Crippen LogP contribution < -0.4 is 0 Å². The number of hydrogen-bond donors (Lipinski definition) is 1. The van der Waals surface area contributed by atoms with Crippen molar-refractivity contribution in [1.82, 2.24) is 0 Å². The lowest BCUT2D eigenvalue weighted by atomic mass is 10.0. The van der Waals surface area contributed by atoms with Crippen molar-refractivity contribution in [2.45, 2.75) is 31.9 Å². The van der Waals surface area contributed by atoms with Crippen LogP contribution in [-0.2, 0) is 6.42 Å². The van der Waals surface area contributed by atoms with Crippen molar-refractivity contribution in [2.75, 3.05) is 0 Å². The fraction of sp³-hybridized carbons (Fsp3) is 0.417. The van der Waals surface area contributed by atoms with Crippen LogP contribution in [0.5, 0.6) is 0 Å². The first-order valence-electron chi connectivity index (χ1n) is 5.38. The summed E-state index contributed by atoms with van der Waals surface area (Å²) in [6.45, 7) is 0. The molecule has 0 fully saturated rings. The summed E-state index contributed by atoms with van der Waals surface area (Å²) in [6.07, 6.45) is -4.95. The lowest BCUT2D eigenvalue weighted by molar-refractivity contribution is -0.135. The molecule has 1 aromatic rings. The Kier molecular flexibility index (Phi) is 4.69. The molecule has 1 N–H and O–H groups in total. The first-order chi connectivity index (χ1) is 8.31. The third kappa shape index (κ3) is 4.35. The van der Waals surface area contributed by atoms with Crippen molar-refractivity contribution >= 4 is 5.97 Å². The zero-order chi connectivity index (χ0) is 13.8. The number of halogens is 4. The SMILES string of the molecule is O=C(O)c1cccc(CCCCC(F)(F)F)c1F. The van der Waals surface area contributed by atoms with Gasteiger partial charge in [0, 0.05) is 6.42 Å². The highest BCUT2D eigenvalue weighted by Gasteiger charge is 2.25. The van der Waals surface area contributed by atoms with Gasteiger partial charge in [0.05, 0.1) is 5.56 Å². The number of carboxylic acids is 1. The molecule has 0 aliphatic carbocycles. The third-order valence-electron chi connectivity index (χ3n) is 2.47. The third-order valence-corrected chi connectivity index (χ3v) is 2.47. The van der Waals surface area contributed by atoms with Gasteiger partial charge in [-0.05, 0) is 30.9 Å². The molecule has 0 aliphatic heterocycles. The number of carboxylic acid groups (broad SMARTS) is 1. The predicted molar refractivity (Wildman–Crippen MR) is 57.0 cm³/mol. The largest absolute Gasteiger partial charge is 0.478 e. The van der Waals surface area contributed by atoms with Gasteiger partial charge in [-0.2, -0.15) is 13.2 Å². The molecule has 0 bridgehead atoms. The fourth-order valence-electron chi connectivity index (χ4n) is 1.58. The highest BCUT2D eigenvalue weighted by Crippen LogP contribution is 2.23. The molecule has 0 saturated heterocycles. The maximum absolute atomic E-state index is 13.6. The summed E-state index contributed by atoms with van der Waals surface area (Å²) >= 11 is 0. The van der Waals surface area contributed by atoms with E-state index in [1.807, 2.05) is 0 Å². The van der Waals surface area contributed by atoms with E-state index in [1.54, 1.807) is 0 Å². The number of unbranched alkanes of at least 4 members (excludes halogenated alkanes) is 1. The van der Waals surface area contributed by atoms with Gasteiger partial charge in [0.15, 0.2) is 0 Å². The molecular weight excluding hydrogens is 252 g/mol. The number of hydrogen-bond acceptors (Lipinski definition) is 1. The average Bonchev–Trinajstić information content (AvgIpc) is 2.24. The molecule has 2 nitrogen and oxygen atoms in total. The van der Waals surface area contributed by atoms with Gasteiger partial charge in [-0.25, -0.2) is 9.18 Å². The number of aromatic carboxylic acids is 1. The Morgan fingerprint density at radius 2 is 1.89 bits per heavy atom. The van der Waals surface area contributed by atoms with Crippen LogP contribution in [0, 0.1) is 5.82 Å². The van der Waals surface area contributed by atoms with Gasteiger partial charge in [0.1, 0.15) is 5.82 Å². The molecule has 100 valence electrons. The van der Waals surface area contributed by atoms with Crippen molar-refractivity contribution < 1.29 is 27.5 Å². The first kappa shape index (κ1) is 14.5. The Labute approximate surface area is 101 Å². The summed E-state index contributed by atoms with van der Waals surface area (Å²) in [6, 6.07) is 3.89. The number of aryl methyl sites for hydroxylation is 1. The molecule has 0 heterocycles. The number of rotatable bonds is 5. The van der Waals surface area contributed by atoms with Crippen molar-refractivity contribution in [3.05, 3.63) is 35.1 Å². The second-order valence-electron chi connectivity index (χ2n) is 3.91. The number of benzene rings is 1. The number of carbonyl (C=O) groups is 1. The van der Waals surface area contributed by atoms with E-state index in [1.165, 1.54) is 12.1 Å². The summed E-state index contributed by atoms with van der Waals surface area (Å²) in [5.74, 6) is -2.25. The Morgan fingerprint density at radius 1 is 1.22 bits per heavy atom. The average molecular weight is 264 g/mol. The lowest BCUT2D eigenvalue weighted by Gasteiger charge is -2.07. The van der Waals surface area contributed by atoms with Crippen LogP contribution in [-0.4, -0.2) is 17.3 Å². The van der Waals surface area contributed by atoms with Crippen molar-refractivity contribution in [3.8, 4) is 0 Å². The highest BCUT2D eigenvalue weighted by molar-refractivity contribution is 5.88. The molecule has 0 unspecified atom stereocenters. The summed E-state index contributed by atoms with van der Waals surface area (Å²) in [5, 5.41) is 8.68. The van der Waals surface area contributed by atoms with Crippen LogP contribution in [0.1, 0.15) is 35.2 Å². The predicted octanol–water partition coefficient (Wildman–Crippen LogP) is 3.80. The lowest BCUT2D eigenvalue weighted by Crippen LogP contribution is -2.07. The summed E-state index contributed by atoms with van der Waals surface area (Å²) in [7, 11) is 0. The van der Waals surface area contributed by atoms with E-state index in [9.17, 15) is 22.4 Å². The molecule has 0 saturated carbocycles. The molecule has 0 radical (unpaired) electrons. The van der Waals surface area contributed by atoms with Gasteiger partial charge >= 0.3 is 12.1 Å². The minimum Gasteiger partial charge on any atom is -0.478 e. The van der Waals surface area contributed by atoms with Crippen LogP contribution in [0.2, 0.25) is 0 Å². The van der Waals surface area contributed by atoms with Crippen molar-refractivity contribution in [2.24, 2.45) is 0 Å². The first-order valence-corrected chi connectivity index (χ1v) is 5.38. The Morgan fingerprint density at radius 3 is 2.44 bits per heavy atom. The van der Waals surface area contributed by atoms with E-state index in [0.717, 1.165) is 6.07 Å². The Hall–Kier alpha value is -1.59. The quantitative estimate of drug-likeness (QED) is 0.648. The van der Waals surface area contributed by atoms with E-state index in [4.69, 9.17) is 5.11 Å². The van der Waals surface area contributed by atoms with Gasteiger partial charge in [-0.3, -0.25) is 0 Å². The van der Waals surface area contributed by atoms with Gasteiger partial charge in [-0.15, -0.1) is 0 Å². The second kappa shape index (κ2) is 5.84. The van der Waals surface area contributed by atoms with E-state index in [-0.39, 0.29) is 24.8 Å². The van der Waals surface area contributed by atoms with Crippen LogP contribution in [0.15, 0.2) is 18.2 Å². The number of alkyl halides is 3. The smallest absolute Gasteiger partial charge is 0.389 e. The summed E-state index contributed by atoms with van der Waals surface area (Å²) in [5.41, 5.74) is -0.319. The van der Waals surface area contributed by atoms with Crippen LogP contribution in [0.25, 0.3) is 0 Å². The molecular formula is C12H12F4O2. The normalized spacial score (nSPS) is 11.6. The van der Waals surface area contributed by atoms with E-state index < -0.39 is 29.9 Å². The van der Waals surface area contributed by atoms with E-state index in [2.05, 4.69) is 0 Å². The van der Waals surface area contributed by atoms with Crippen LogP contribution in [0.3, 0.4) is 0 Å². The van der Waals surface area contributed by atoms with Gasteiger partial charge in [0.25, 0.3) is 0 Å². The highest BCUT2D eigenvalue weighted by atomic mass is 19.4. The maximum atomic E-state index is 13.6. The van der Waals surface area contributed by atoms with Crippen molar-refractivity contribution in [1.29, 1.82) is 0 Å². The fourth-order valence-corrected chi connectivity index (χ4v) is 1.58. The standard InChI is InChI=1S/C12H12F4O2/c13-10-8(4-1-2-7-12(14,15)16)5-3-6-9(10)11(17)18/h3,5-6H,1-2,4,7H2,(H,17,18).